The summed E-state index contributed by atoms with van der Waals surface area (Å²) in [6.45, 7) is -0.153. The molecule has 0 amide bonds. The van der Waals surface area contributed by atoms with Crippen LogP contribution < -0.4 is 4.74 Å². The molecular formula is C20H17NO11S2. The largest absolute Gasteiger partial charge is 0.508 e. The van der Waals surface area contributed by atoms with Crippen LogP contribution in [0.25, 0.3) is 0 Å². The highest BCUT2D eigenvalue weighted by Crippen LogP contribution is 2.24. The fourth-order valence-corrected chi connectivity index (χ4v) is 3.38. The molecule has 0 spiro atoms. The number of rotatable bonds is 7. The van der Waals surface area contributed by atoms with Gasteiger partial charge in [-0.1, -0.05) is 12.1 Å². The van der Waals surface area contributed by atoms with Crippen LogP contribution in [0.2, 0.25) is 0 Å². The van der Waals surface area contributed by atoms with Crippen molar-refractivity contribution in [3.05, 3.63) is 77.6 Å². The number of aromatic nitrogens is 1. The number of para-hydroxylation sites is 1. The number of benzene rings is 2. The van der Waals surface area contributed by atoms with E-state index in [2.05, 4.69) is 4.98 Å². The predicted molar refractivity (Wildman–Crippen MR) is 115 cm³/mol. The van der Waals surface area contributed by atoms with Crippen molar-refractivity contribution in [2.45, 2.75) is 16.4 Å². The zero-order valence-electron chi connectivity index (χ0n) is 17.0. The Bertz CT molecular complexity index is 1420. The first-order valence-electron chi connectivity index (χ1n) is 8.95. The van der Waals surface area contributed by atoms with Gasteiger partial charge in [0, 0.05) is 18.0 Å². The molecule has 0 atom stereocenters. The summed E-state index contributed by atoms with van der Waals surface area (Å²) in [5.41, 5.74) is 0.212. The molecule has 12 nitrogen and oxygen atoms in total. The van der Waals surface area contributed by atoms with Gasteiger partial charge in [-0.15, -0.1) is 0 Å². The quantitative estimate of drug-likeness (QED) is 0.266. The number of phenols is 1. The van der Waals surface area contributed by atoms with Gasteiger partial charge in [0.15, 0.2) is 6.29 Å². The number of carbonyl (C=O) groups excluding carboxylic acids is 1. The first-order chi connectivity index (χ1) is 15.8. The number of hydrogen-bond donors (Lipinski definition) is 4. The van der Waals surface area contributed by atoms with Crippen LogP contribution in [0.4, 0.5) is 0 Å². The van der Waals surface area contributed by atoms with Crippen molar-refractivity contribution in [2.24, 2.45) is 0 Å². The van der Waals surface area contributed by atoms with Crippen molar-refractivity contribution in [1.29, 1.82) is 0 Å². The number of carboxylic acid groups (broad SMARTS) is 1. The summed E-state index contributed by atoms with van der Waals surface area (Å²) in [6.07, 6.45) is 2.47. The van der Waals surface area contributed by atoms with E-state index in [4.69, 9.17) is 18.9 Å². The Balaban J connectivity index is 0.000000270. The lowest BCUT2D eigenvalue weighted by molar-refractivity contribution is 0.0696. The van der Waals surface area contributed by atoms with E-state index in [-0.39, 0.29) is 28.4 Å². The lowest BCUT2D eigenvalue weighted by Gasteiger charge is -2.10. The summed E-state index contributed by atoms with van der Waals surface area (Å²) in [6, 6.07) is 10.6. The number of phenolic OH excluding ortho intramolecular Hbond substituents is 1. The van der Waals surface area contributed by atoms with Crippen LogP contribution in [0.3, 0.4) is 0 Å². The van der Waals surface area contributed by atoms with Crippen LogP contribution >= 0.6 is 0 Å². The molecule has 0 aliphatic rings. The SMILES string of the molecule is O=C(O)c1cncc(S(=O)(=O)O)c1.O=Cc1ccccc1OCc1cc(S(=O)(=O)O)ccc1O. The average Bonchev–Trinajstić information content (AvgIpc) is 2.78. The second-order valence-corrected chi connectivity index (χ2v) is 9.24. The van der Waals surface area contributed by atoms with Crippen molar-refractivity contribution in [3.8, 4) is 11.5 Å². The highest BCUT2D eigenvalue weighted by atomic mass is 32.2. The van der Waals surface area contributed by atoms with Gasteiger partial charge in [0.05, 0.1) is 16.0 Å². The number of aldehydes is 1. The minimum atomic E-state index is -4.38. The molecule has 2 aromatic carbocycles. The van der Waals surface area contributed by atoms with Gasteiger partial charge in [0.1, 0.15) is 23.0 Å². The smallest absolute Gasteiger partial charge is 0.337 e. The van der Waals surface area contributed by atoms with Crippen LogP contribution in [0.1, 0.15) is 26.3 Å². The van der Waals surface area contributed by atoms with E-state index in [1.54, 1.807) is 24.3 Å². The number of aromatic carboxylic acids is 1. The van der Waals surface area contributed by atoms with Crippen LogP contribution in [0.15, 0.2) is 70.7 Å². The number of ether oxygens (including phenoxy) is 1. The minimum Gasteiger partial charge on any atom is -0.508 e. The maximum atomic E-state index is 11.1. The highest BCUT2D eigenvalue weighted by molar-refractivity contribution is 7.86. The number of nitrogens with zero attached hydrogens (tertiary/aromatic N) is 1. The first kappa shape index (κ1) is 26.4. The third-order valence-corrected chi connectivity index (χ3v) is 5.70. The Hall–Kier alpha value is -3.85. The first-order valence-corrected chi connectivity index (χ1v) is 11.8. The summed E-state index contributed by atoms with van der Waals surface area (Å²) >= 11 is 0. The number of aromatic hydroxyl groups is 1. The Morgan fingerprint density at radius 2 is 1.59 bits per heavy atom. The Morgan fingerprint density at radius 3 is 2.18 bits per heavy atom. The number of carbonyl (C=O) groups is 2. The zero-order chi connectivity index (χ0) is 25.5. The molecule has 180 valence electrons. The molecule has 1 aromatic heterocycles. The van der Waals surface area contributed by atoms with Crippen molar-refractivity contribution < 1.29 is 50.5 Å². The number of carboxylic acids is 1. The molecule has 34 heavy (non-hydrogen) atoms. The van der Waals surface area contributed by atoms with Gasteiger partial charge >= 0.3 is 5.97 Å². The van der Waals surface area contributed by atoms with Gasteiger partial charge in [-0.2, -0.15) is 16.8 Å². The summed E-state index contributed by atoms with van der Waals surface area (Å²) in [7, 11) is -8.75. The topological polar surface area (TPSA) is 205 Å². The van der Waals surface area contributed by atoms with Crippen LogP contribution in [-0.2, 0) is 26.8 Å². The van der Waals surface area contributed by atoms with Crippen LogP contribution in [-0.4, -0.2) is 53.4 Å². The van der Waals surface area contributed by atoms with Crippen LogP contribution in [0, 0.1) is 0 Å². The van der Waals surface area contributed by atoms with Gasteiger partial charge in [-0.25, -0.2) is 4.79 Å². The zero-order valence-corrected chi connectivity index (χ0v) is 18.6. The standard InChI is InChI=1S/C14H12O6S.C6H5NO5S/c15-8-10-3-1-2-4-14(10)20-9-11-7-12(21(17,18)19)5-6-13(11)16;8-6(9)4-1-5(3-7-2-4)13(10,11)12/h1-8,16H,9H2,(H,17,18,19);1-3H,(H,8,9)(H,10,11,12). The molecule has 0 saturated heterocycles. The Labute approximate surface area is 193 Å². The van der Waals surface area contributed by atoms with Gasteiger partial charge in [-0.3, -0.25) is 18.9 Å². The molecule has 0 aliphatic heterocycles. The normalized spacial score (nSPS) is 11.1. The molecular weight excluding hydrogens is 494 g/mol. The summed E-state index contributed by atoms with van der Waals surface area (Å²) in [5.74, 6) is -1.17. The minimum absolute atomic E-state index is 0.153. The van der Waals surface area contributed by atoms with Crippen LogP contribution in [0.5, 0.6) is 11.5 Å². The van der Waals surface area contributed by atoms with Gasteiger partial charge in [-0.05, 0) is 36.4 Å². The maximum absolute atomic E-state index is 11.1. The highest BCUT2D eigenvalue weighted by Gasteiger charge is 2.14. The fraction of sp³-hybridized carbons (Fsp3) is 0.0500. The monoisotopic (exact) mass is 511 g/mol. The molecule has 0 radical (unpaired) electrons. The second-order valence-electron chi connectivity index (χ2n) is 6.40. The predicted octanol–water partition coefficient (Wildman–Crippen LogP) is 2.06. The van der Waals surface area contributed by atoms with E-state index in [1.165, 1.54) is 0 Å². The van der Waals surface area contributed by atoms with E-state index in [0.717, 1.165) is 36.7 Å². The summed E-state index contributed by atoms with van der Waals surface area (Å²) in [5, 5.41) is 18.1. The lowest BCUT2D eigenvalue weighted by atomic mass is 10.2. The van der Waals surface area contributed by atoms with E-state index in [1.807, 2.05) is 0 Å². The summed E-state index contributed by atoms with van der Waals surface area (Å²) in [4.78, 5) is 23.7. The molecule has 4 N–H and O–H groups in total. The maximum Gasteiger partial charge on any atom is 0.337 e. The lowest BCUT2D eigenvalue weighted by Crippen LogP contribution is -2.03. The van der Waals surface area contributed by atoms with Gasteiger partial charge in [0.2, 0.25) is 0 Å². The molecule has 0 fully saturated rings. The molecule has 0 unspecified atom stereocenters. The van der Waals surface area contributed by atoms with Gasteiger partial charge in [0.25, 0.3) is 20.2 Å². The fourth-order valence-electron chi connectivity index (χ4n) is 2.38. The third-order valence-electron chi connectivity index (χ3n) is 4.04. The third kappa shape index (κ3) is 7.35. The molecule has 0 aliphatic carbocycles. The Morgan fingerprint density at radius 1 is 0.941 bits per heavy atom. The molecule has 3 rings (SSSR count). The van der Waals surface area contributed by atoms with E-state index < -0.39 is 31.1 Å². The second kappa shape index (κ2) is 10.8. The molecule has 3 aromatic rings. The van der Waals surface area contributed by atoms with Crippen molar-refractivity contribution in [2.75, 3.05) is 0 Å². The van der Waals surface area contributed by atoms with Gasteiger partial charge < -0.3 is 14.9 Å². The van der Waals surface area contributed by atoms with E-state index >= 15 is 0 Å². The van der Waals surface area contributed by atoms with Crippen molar-refractivity contribution in [1.82, 2.24) is 4.98 Å². The van der Waals surface area contributed by atoms with Crippen molar-refractivity contribution in [3.63, 3.8) is 0 Å². The Kier molecular flexibility index (Phi) is 8.42. The van der Waals surface area contributed by atoms with Crippen molar-refractivity contribution >= 4 is 32.5 Å². The number of hydrogen-bond acceptors (Lipinski definition) is 9. The molecule has 1 heterocycles. The van der Waals surface area contributed by atoms with E-state index in [9.17, 15) is 31.5 Å². The average molecular weight is 511 g/mol. The molecule has 0 saturated carbocycles. The molecule has 14 heteroatoms. The summed E-state index contributed by atoms with van der Waals surface area (Å²) < 4.78 is 66.1. The molecule has 0 bridgehead atoms. The van der Waals surface area contributed by atoms with E-state index in [0.29, 0.717) is 17.6 Å². The number of pyridine rings is 1.